The lowest BCUT2D eigenvalue weighted by atomic mass is 9.85. The maximum atomic E-state index is 15.1. The molecule has 2 amide bonds. The Labute approximate surface area is 212 Å². The minimum Gasteiger partial charge on any atom is -0.454 e. The number of hydrogen-bond acceptors (Lipinski definition) is 7. The Kier molecular flexibility index (Phi) is 11.7. The molecule has 2 aliphatic heterocycles. The van der Waals surface area contributed by atoms with E-state index in [0.29, 0.717) is 18.4 Å². The Bertz CT molecular complexity index is 881. The number of nitrogens with one attached hydrogen (secondary N) is 1. The van der Waals surface area contributed by atoms with E-state index in [1.165, 1.54) is 13.2 Å². The summed E-state index contributed by atoms with van der Waals surface area (Å²) in [5.74, 6) is -3.46. The van der Waals surface area contributed by atoms with Crippen molar-refractivity contribution in [2.24, 2.45) is 17.8 Å². The smallest absolute Gasteiger partial charge is 0.331 e. The van der Waals surface area contributed by atoms with E-state index < -0.39 is 54.1 Å². The molecule has 36 heavy (non-hydrogen) atoms. The van der Waals surface area contributed by atoms with Crippen LogP contribution in [0.2, 0.25) is 0 Å². The van der Waals surface area contributed by atoms with Crippen LogP contribution in [0.5, 0.6) is 0 Å². The number of aliphatic hydroxyl groups is 1. The van der Waals surface area contributed by atoms with Crippen LogP contribution in [0.1, 0.15) is 59.3 Å². The van der Waals surface area contributed by atoms with E-state index in [2.05, 4.69) is 5.32 Å². The van der Waals surface area contributed by atoms with Crippen LogP contribution in [0.25, 0.3) is 0 Å². The fourth-order valence-electron chi connectivity index (χ4n) is 4.65. The summed E-state index contributed by atoms with van der Waals surface area (Å²) in [6.07, 6.45) is 5.31. The molecule has 0 spiro atoms. The summed E-state index contributed by atoms with van der Waals surface area (Å²) in [4.78, 5) is 48.7. The quantitative estimate of drug-likeness (QED) is 0.309. The Morgan fingerprint density at radius 3 is 2.50 bits per heavy atom. The highest BCUT2D eigenvalue weighted by molar-refractivity contribution is 5.97. The van der Waals surface area contributed by atoms with Gasteiger partial charge in [0.2, 0.25) is 11.8 Å². The molecule has 1 fully saturated rings. The van der Waals surface area contributed by atoms with Crippen molar-refractivity contribution in [2.45, 2.75) is 83.8 Å². The van der Waals surface area contributed by atoms with Gasteiger partial charge >= 0.3 is 5.97 Å². The largest absolute Gasteiger partial charge is 0.454 e. The fourth-order valence-corrected chi connectivity index (χ4v) is 4.65. The first-order chi connectivity index (χ1) is 17.0. The van der Waals surface area contributed by atoms with Crippen molar-refractivity contribution in [2.75, 3.05) is 7.11 Å². The molecule has 9 heteroatoms. The van der Waals surface area contributed by atoms with E-state index in [9.17, 15) is 24.3 Å². The third-order valence-electron chi connectivity index (χ3n) is 6.62. The third-order valence-corrected chi connectivity index (χ3v) is 6.62. The number of methoxy groups -OCH3 is 1. The first-order valence-corrected chi connectivity index (χ1v) is 12.4. The molecule has 6 atom stereocenters. The number of amides is 2. The number of carbonyl (C=O) groups excluding carboxylic acids is 4. The Hall–Kier alpha value is -2.65. The Morgan fingerprint density at radius 1 is 1.22 bits per heavy atom. The van der Waals surface area contributed by atoms with Crippen LogP contribution >= 0.6 is 0 Å². The fraction of sp³-hybridized carbons (Fsp3) is 0.630. The predicted molar refractivity (Wildman–Crippen MR) is 131 cm³/mol. The van der Waals surface area contributed by atoms with E-state index in [-0.39, 0.29) is 37.4 Å². The number of hydrogen-bond donors (Lipinski definition) is 2. The molecule has 2 N–H and O–H groups in total. The summed E-state index contributed by atoms with van der Waals surface area (Å²) in [5.41, 5.74) is 0.521. The lowest BCUT2D eigenvalue weighted by Gasteiger charge is -2.27. The van der Waals surface area contributed by atoms with Crippen molar-refractivity contribution < 1.29 is 38.1 Å². The number of rotatable bonds is 7. The summed E-state index contributed by atoms with van der Waals surface area (Å²) in [6, 6.07) is 0. The number of imide groups is 1. The average molecular weight is 508 g/mol. The first-order valence-electron chi connectivity index (χ1n) is 12.4. The summed E-state index contributed by atoms with van der Waals surface area (Å²) >= 11 is 0. The van der Waals surface area contributed by atoms with Crippen LogP contribution in [0.15, 0.2) is 36.0 Å². The molecule has 200 valence electrons. The minimum absolute atomic E-state index is 0.112. The SMILES string of the molecule is CO[C@H]1C=CCCC=CC(=O)O[C@@H]([C@@H](C)C(=O)C[C@H](O)CC2CC(=O)NC(=O)C2)C(C)=C[C@H](C)[C@H]1F. The van der Waals surface area contributed by atoms with Crippen LogP contribution < -0.4 is 5.32 Å². The highest BCUT2D eigenvalue weighted by Crippen LogP contribution is 2.26. The summed E-state index contributed by atoms with van der Waals surface area (Å²) in [5, 5.41) is 12.7. The number of allylic oxidation sites excluding steroid dienone is 3. The highest BCUT2D eigenvalue weighted by Gasteiger charge is 2.33. The van der Waals surface area contributed by atoms with E-state index in [0.717, 1.165) is 0 Å². The van der Waals surface area contributed by atoms with Gasteiger partial charge in [-0.2, -0.15) is 0 Å². The number of ether oxygens (including phenoxy) is 2. The van der Waals surface area contributed by atoms with E-state index in [1.807, 2.05) is 6.08 Å². The van der Waals surface area contributed by atoms with Gasteiger partial charge in [-0.05, 0) is 37.7 Å². The van der Waals surface area contributed by atoms with Gasteiger partial charge in [-0.1, -0.05) is 38.2 Å². The van der Waals surface area contributed by atoms with Crippen LogP contribution in [-0.4, -0.2) is 60.3 Å². The second kappa shape index (κ2) is 14.2. The molecular weight excluding hydrogens is 469 g/mol. The number of alkyl halides is 1. The number of aliphatic hydroxyl groups excluding tert-OH is 1. The molecule has 0 saturated carbocycles. The normalized spacial score (nSPS) is 28.5. The average Bonchev–Trinajstić information content (AvgIpc) is 2.79. The number of esters is 1. The van der Waals surface area contributed by atoms with Crippen molar-refractivity contribution in [3.63, 3.8) is 0 Å². The van der Waals surface area contributed by atoms with Gasteiger partial charge in [0.1, 0.15) is 24.2 Å². The number of cyclic esters (lactones) is 1. The van der Waals surface area contributed by atoms with Crippen LogP contribution in [0.4, 0.5) is 4.39 Å². The molecular formula is C27H38FNO7. The van der Waals surface area contributed by atoms with Crippen LogP contribution in [-0.2, 0) is 28.7 Å². The molecule has 8 nitrogen and oxygen atoms in total. The van der Waals surface area contributed by atoms with Gasteiger partial charge in [0.25, 0.3) is 0 Å². The second-order valence-electron chi connectivity index (χ2n) is 9.77. The molecule has 2 rings (SSSR count). The molecule has 0 aliphatic carbocycles. The van der Waals surface area contributed by atoms with Gasteiger partial charge in [0, 0.05) is 38.4 Å². The summed E-state index contributed by atoms with van der Waals surface area (Å²) < 4.78 is 26.0. The Balaban J connectivity index is 2.17. The van der Waals surface area contributed by atoms with Gasteiger partial charge in [0.15, 0.2) is 0 Å². The van der Waals surface area contributed by atoms with Crippen molar-refractivity contribution in [3.8, 4) is 0 Å². The first kappa shape index (κ1) is 29.6. The molecule has 0 aromatic rings. The number of ketones is 1. The highest BCUT2D eigenvalue weighted by atomic mass is 19.1. The molecule has 0 bridgehead atoms. The monoisotopic (exact) mass is 507 g/mol. The van der Waals surface area contributed by atoms with E-state index in [1.54, 1.807) is 39.0 Å². The van der Waals surface area contributed by atoms with Gasteiger partial charge in [-0.15, -0.1) is 0 Å². The predicted octanol–water partition coefficient (Wildman–Crippen LogP) is 3.14. The van der Waals surface area contributed by atoms with Gasteiger partial charge in [-0.25, -0.2) is 9.18 Å². The molecule has 0 aromatic carbocycles. The van der Waals surface area contributed by atoms with Crippen LogP contribution in [0, 0.1) is 17.8 Å². The molecule has 2 aliphatic rings. The van der Waals surface area contributed by atoms with E-state index in [4.69, 9.17) is 9.47 Å². The number of carbonyl (C=O) groups is 4. The van der Waals surface area contributed by atoms with Gasteiger partial charge < -0.3 is 14.6 Å². The topological polar surface area (TPSA) is 119 Å². The van der Waals surface area contributed by atoms with Crippen molar-refractivity contribution in [1.29, 1.82) is 0 Å². The van der Waals surface area contributed by atoms with E-state index >= 15 is 4.39 Å². The lowest BCUT2D eigenvalue weighted by Crippen LogP contribution is -2.40. The van der Waals surface area contributed by atoms with Crippen LogP contribution in [0.3, 0.4) is 0 Å². The number of Topliss-reactive ketones (excluding diaryl/α,β-unsaturated/α-hetero) is 1. The Morgan fingerprint density at radius 2 is 1.86 bits per heavy atom. The summed E-state index contributed by atoms with van der Waals surface area (Å²) in [6.45, 7) is 4.98. The van der Waals surface area contributed by atoms with Crippen molar-refractivity contribution in [3.05, 3.63) is 36.0 Å². The zero-order valence-electron chi connectivity index (χ0n) is 21.4. The maximum Gasteiger partial charge on any atom is 0.331 e. The maximum absolute atomic E-state index is 15.1. The van der Waals surface area contributed by atoms with Crippen molar-refractivity contribution >= 4 is 23.6 Å². The van der Waals surface area contributed by atoms with Gasteiger partial charge in [0.05, 0.1) is 12.0 Å². The molecule has 1 saturated heterocycles. The lowest BCUT2D eigenvalue weighted by molar-refractivity contribution is -0.145. The second-order valence-corrected chi connectivity index (χ2v) is 9.77. The summed E-state index contributed by atoms with van der Waals surface area (Å²) in [7, 11) is 1.44. The zero-order chi connectivity index (χ0) is 26.8. The zero-order valence-corrected chi connectivity index (χ0v) is 21.4. The van der Waals surface area contributed by atoms with Crippen molar-refractivity contribution in [1.82, 2.24) is 5.32 Å². The number of piperidine rings is 1. The standard InChI is InChI=1S/C27H38FNO7/c1-16-11-17(2)27(36-25(34)10-8-6-5-7-9-22(35-4)26(16)28)18(3)21(31)15-20(30)12-19-13-23(32)29-24(33)14-19/h7-11,16,18-20,22,26-27,30H,5-6,12-15H2,1-4H3,(H,29,32,33)/t16-,18-,20+,22-,26+,27+/m0/s1. The molecule has 0 unspecified atom stereocenters. The molecule has 0 aromatic heterocycles. The minimum atomic E-state index is -1.35. The number of halogens is 1. The third kappa shape index (κ3) is 9.09. The molecule has 2 heterocycles. The molecule has 0 radical (unpaired) electrons. The van der Waals surface area contributed by atoms with Gasteiger partial charge in [-0.3, -0.25) is 19.7 Å².